The Bertz CT molecular complexity index is 1110. The van der Waals surface area contributed by atoms with Gasteiger partial charge in [-0.25, -0.2) is 4.57 Å². The molecule has 0 fully saturated rings. The zero-order valence-corrected chi connectivity index (χ0v) is 34.5. The van der Waals surface area contributed by atoms with Gasteiger partial charge >= 0.3 is 13.8 Å². The predicted octanol–water partition coefficient (Wildman–Crippen LogP) is 11.1. The minimum atomic E-state index is -4.53. The molecule has 0 spiro atoms. The number of ether oxygens (including phenoxy) is 2. The summed E-state index contributed by atoms with van der Waals surface area (Å²) in [6, 6.07) is 0. The van der Waals surface area contributed by atoms with E-state index in [4.69, 9.17) is 23.6 Å². The molecule has 3 N–H and O–H groups in total. The van der Waals surface area contributed by atoms with Gasteiger partial charge in [-0.15, -0.1) is 0 Å². The van der Waals surface area contributed by atoms with Gasteiger partial charge in [0, 0.05) is 13.0 Å². The molecule has 9 nitrogen and oxygen atoms in total. The van der Waals surface area contributed by atoms with E-state index < -0.39 is 45.8 Å². The molecule has 0 aromatic heterocycles. The van der Waals surface area contributed by atoms with Crippen LogP contribution in [0.2, 0.25) is 0 Å². The molecule has 0 rings (SSSR count). The highest BCUT2D eigenvalue weighted by Crippen LogP contribution is 2.43. The highest BCUT2D eigenvalue weighted by Gasteiger charge is 2.26. The Morgan fingerprint density at radius 2 is 1.04 bits per heavy atom. The minimum absolute atomic E-state index is 0.0221. The van der Waals surface area contributed by atoms with Crippen LogP contribution >= 0.6 is 7.82 Å². The van der Waals surface area contributed by atoms with Crippen molar-refractivity contribution in [3.63, 3.8) is 0 Å². The molecule has 0 aliphatic heterocycles. The van der Waals surface area contributed by atoms with Crippen LogP contribution in [0, 0.1) is 0 Å². The second-order valence-electron chi connectivity index (χ2n) is 13.3. The summed E-state index contributed by atoms with van der Waals surface area (Å²) >= 11 is 0. The largest absolute Gasteiger partial charge is 0.472 e. The number of hydrogen-bond donors (Lipinski definition) is 3. The van der Waals surface area contributed by atoms with Crippen LogP contribution in [0.3, 0.4) is 0 Å². The zero-order chi connectivity index (χ0) is 39.6. The van der Waals surface area contributed by atoms with Crippen molar-refractivity contribution in [2.24, 2.45) is 0 Å². The molecule has 10 heteroatoms. The number of allylic oxidation sites excluding steroid dienone is 14. The molecule has 310 valence electrons. The Labute approximate surface area is 328 Å². The van der Waals surface area contributed by atoms with E-state index in [-0.39, 0.29) is 13.0 Å². The smallest absolute Gasteiger partial charge is 0.457 e. The normalized spacial score (nSPS) is 15.0. The third-order valence-electron chi connectivity index (χ3n) is 8.10. The van der Waals surface area contributed by atoms with Crippen molar-refractivity contribution in [2.45, 2.75) is 154 Å². The molecule has 0 aliphatic rings. The number of phosphoric ester groups is 1. The molecular formula is C44H75O9P. The SMILES string of the molecule is CC/C=C\C/C=C\C/C=C\C/C=C\C/C=C\C/C=C\C/C=C\CCCC(=O)OC(COCCCCCCCCCCCC)COP(=O)(O)OCC(O)CO. The molecule has 0 saturated heterocycles. The van der Waals surface area contributed by atoms with Gasteiger partial charge in [0.25, 0.3) is 0 Å². The van der Waals surface area contributed by atoms with Crippen molar-refractivity contribution in [3.8, 4) is 0 Å². The minimum Gasteiger partial charge on any atom is -0.457 e. The monoisotopic (exact) mass is 779 g/mol. The molecule has 0 amide bonds. The summed E-state index contributed by atoms with van der Waals surface area (Å²) in [7, 11) is -4.53. The quantitative estimate of drug-likeness (QED) is 0.0242. The fourth-order valence-electron chi connectivity index (χ4n) is 4.99. The Morgan fingerprint density at radius 1 is 0.593 bits per heavy atom. The van der Waals surface area contributed by atoms with Crippen LogP contribution < -0.4 is 0 Å². The van der Waals surface area contributed by atoms with Crippen LogP contribution in [-0.4, -0.2) is 66.3 Å². The van der Waals surface area contributed by atoms with Crippen LogP contribution in [0.15, 0.2) is 85.1 Å². The number of carbonyl (C=O) groups is 1. The van der Waals surface area contributed by atoms with Gasteiger partial charge in [0.05, 0.1) is 26.4 Å². The lowest BCUT2D eigenvalue weighted by molar-refractivity contribution is -0.154. The van der Waals surface area contributed by atoms with Crippen molar-refractivity contribution in [2.75, 3.05) is 33.0 Å². The second-order valence-corrected chi connectivity index (χ2v) is 14.7. The van der Waals surface area contributed by atoms with Crippen LogP contribution in [0.25, 0.3) is 0 Å². The van der Waals surface area contributed by atoms with E-state index in [0.29, 0.717) is 13.0 Å². The summed E-state index contributed by atoms with van der Waals surface area (Å²) in [4.78, 5) is 22.5. The lowest BCUT2D eigenvalue weighted by Crippen LogP contribution is -2.29. The number of aliphatic hydroxyl groups is 2. The molecule has 0 radical (unpaired) electrons. The fourth-order valence-corrected chi connectivity index (χ4v) is 5.78. The van der Waals surface area contributed by atoms with Crippen molar-refractivity contribution in [1.29, 1.82) is 0 Å². The third kappa shape index (κ3) is 39.3. The maximum absolute atomic E-state index is 12.6. The molecule has 0 heterocycles. The highest BCUT2D eigenvalue weighted by atomic mass is 31.2. The van der Waals surface area contributed by atoms with E-state index in [9.17, 15) is 19.4 Å². The van der Waals surface area contributed by atoms with E-state index >= 15 is 0 Å². The van der Waals surface area contributed by atoms with Gasteiger partial charge in [-0.3, -0.25) is 13.8 Å². The highest BCUT2D eigenvalue weighted by molar-refractivity contribution is 7.47. The van der Waals surface area contributed by atoms with E-state index in [0.717, 1.165) is 70.6 Å². The molecule has 54 heavy (non-hydrogen) atoms. The first kappa shape index (κ1) is 51.6. The predicted molar refractivity (Wildman–Crippen MR) is 223 cm³/mol. The lowest BCUT2D eigenvalue weighted by Gasteiger charge is -2.20. The number of phosphoric acid groups is 1. The summed E-state index contributed by atoms with van der Waals surface area (Å²) in [5, 5.41) is 18.3. The second kappa shape index (κ2) is 40.3. The first-order valence-electron chi connectivity index (χ1n) is 20.6. The average molecular weight is 779 g/mol. The zero-order valence-electron chi connectivity index (χ0n) is 33.7. The van der Waals surface area contributed by atoms with Crippen molar-refractivity contribution in [3.05, 3.63) is 85.1 Å². The summed E-state index contributed by atoms with van der Waals surface area (Å²) in [6.07, 6.45) is 48.4. The van der Waals surface area contributed by atoms with Gasteiger partial charge in [-0.05, 0) is 64.2 Å². The van der Waals surface area contributed by atoms with E-state index in [1.807, 2.05) is 6.08 Å². The standard InChI is InChI=1S/C44H75O9P/c1-3-5-7-9-11-13-15-16-17-18-19-20-21-22-23-24-25-26-27-28-30-32-34-36-44(47)53-43(41-52-54(48,49)51-39-42(46)38-45)40-50-37-35-33-31-29-14-12-10-8-6-4-2/h5,7,11,13,16-17,19-20,22-23,25-26,28,30,42-43,45-46H,3-4,6,8-10,12,14-15,18,21,24,27,29,31-41H2,1-2H3,(H,48,49)/b7-5-,13-11-,17-16-,20-19-,23-22-,26-25-,30-28-. The van der Waals surface area contributed by atoms with Crippen molar-refractivity contribution >= 4 is 13.8 Å². The number of unbranched alkanes of at least 4 members (excludes halogenated alkanes) is 10. The Kier molecular flexibility index (Phi) is 38.5. The number of carbonyl (C=O) groups excluding carboxylic acids is 1. The number of esters is 1. The van der Waals surface area contributed by atoms with Gasteiger partial charge in [0.2, 0.25) is 0 Å². The maximum atomic E-state index is 12.6. The molecule has 3 atom stereocenters. The summed E-state index contributed by atoms with van der Waals surface area (Å²) in [6.45, 7) is 3.29. The van der Waals surface area contributed by atoms with Crippen LogP contribution in [-0.2, 0) is 27.9 Å². The maximum Gasteiger partial charge on any atom is 0.472 e. The summed E-state index contributed by atoms with van der Waals surface area (Å²) < 4.78 is 33.2. The topological polar surface area (TPSA) is 132 Å². The Morgan fingerprint density at radius 3 is 1.52 bits per heavy atom. The Balaban J connectivity index is 4.30. The van der Waals surface area contributed by atoms with Crippen molar-refractivity contribution in [1.82, 2.24) is 0 Å². The fraction of sp³-hybridized carbons (Fsp3) is 0.659. The molecule has 0 bridgehead atoms. The number of aliphatic hydroxyl groups excluding tert-OH is 2. The van der Waals surface area contributed by atoms with Gasteiger partial charge < -0.3 is 24.6 Å². The van der Waals surface area contributed by atoms with Crippen molar-refractivity contribution < 1.29 is 43.0 Å². The third-order valence-corrected chi connectivity index (χ3v) is 9.05. The molecule has 0 aromatic carbocycles. The summed E-state index contributed by atoms with van der Waals surface area (Å²) in [5.74, 6) is -0.444. The van der Waals surface area contributed by atoms with Gasteiger partial charge in [-0.2, -0.15) is 0 Å². The van der Waals surface area contributed by atoms with Gasteiger partial charge in [0.15, 0.2) is 0 Å². The molecule has 0 saturated carbocycles. The molecule has 0 aromatic rings. The lowest BCUT2D eigenvalue weighted by atomic mass is 10.1. The van der Waals surface area contributed by atoms with Crippen LogP contribution in [0.1, 0.15) is 142 Å². The van der Waals surface area contributed by atoms with Gasteiger partial charge in [-0.1, -0.05) is 157 Å². The van der Waals surface area contributed by atoms with Crippen LogP contribution in [0.4, 0.5) is 0 Å². The summed E-state index contributed by atoms with van der Waals surface area (Å²) in [5.41, 5.74) is 0. The number of hydrogen-bond acceptors (Lipinski definition) is 8. The van der Waals surface area contributed by atoms with Gasteiger partial charge in [0.1, 0.15) is 12.2 Å². The number of rotatable bonds is 38. The molecule has 3 unspecified atom stereocenters. The van der Waals surface area contributed by atoms with E-state index in [1.54, 1.807) is 0 Å². The first-order chi connectivity index (χ1) is 26.3. The first-order valence-corrected chi connectivity index (χ1v) is 22.1. The van der Waals surface area contributed by atoms with E-state index in [1.165, 1.54) is 44.9 Å². The van der Waals surface area contributed by atoms with E-state index in [2.05, 4.69) is 92.8 Å². The van der Waals surface area contributed by atoms with Crippen LogP contribution in [0.5, 0.6) is 0 Å². The molecule has 0 aliphatic carbocycles. The average Bonchev–Trinajstić information content (AvgIpc) is 3.16. The molecular weight excluding hydrogens is 703 g/mol. The Hall–Kier alpha value is -2.36.